The van der Waals surface area contributed by atoms with Gasteiger partial charge in [-0.2, -0.15) is 0 Å². The smallest absolute Gasteiger partial charge is 0.246 e. The van der Waals surface area contributed by atoms with Crippen molar-refractivity contribution in [1.82, 2.24) is 9.21 Å². The Hall–Kier alpha value is -2.42. The van der Waals surface area contributed by atoms with Crippen LogP contribution in [0.25, 0.3) is 0 Å². The van der Waals surface area contributed by atoms with E-state index in [1.54, 1.807) is 12.1 Å². The average Bonchev–Trinajstić information content (AvgIpc) is 2.67. The number of carbonyl (C=O) groups excluding carboxylic acids is 1. The summed E-state index contributed by atoms with van der Waals surface area (Å²) in [5, 5.41) is 2.80. The predicted molar refractivity (Wildman–Crippen MR) is 108 cm³/mol. The Morgan fingerprint density at radius 2 is 1.89 bits per heavy atom. The van der Waals surface area contributed by atoms with Crippen LogP contribution in [0.4, 0.5) is 5.69 Å². The van der Waals surface area contributed by atoms with Gasteiger partial charge in [0.05, 0.1) is 13.7 Å². The maximum Gasteiger partial charge on any atom is 0.246 e. The molecule has 0 saturated carbocycles. The molecular formula is C20H25N3O4S. The zero-order valence-corrected chi connectivity index (χ0v) is 17.1. The van der Waals surface area contributed by atoms with Crippen LogP contribution in [-0.4, -0.2) is 57.8 Å². The zero-order chi connectivity index (χ0) is 20.3. The summed E-state index contributed by atoms with van der Waals surface area (Å²) in [5.41, 5.74) is 2.99. The van der Waals surface area contributed by atoms with Crippen LogP contribution >= 0.6 is 0 Å². The Balaban J connectivity index is 1.71. The number of benzene rings is 2. The molecule has 3 rings (SSSR count). The maximum atomic E-state index is 12.5. The van der Waals surface area contributed by atoms with Crippen molar-refractivity contribution in [1.29, 1.82) is 0 Å². The molecule has 0 saturated heterocycles. The summed E-state index contributed by atoms with van der Waals surface area (Å²) in [7, 11) is 0.626. The molecule has 1 aliphatic rings. The van der Waals surface area contributed by atoms with Crippen LogP contribution in [-0.2, 0) is 27.8 Å². The van der Waals surface area contributed by atoms with E-state index in [1.165, 1.54) is 38.4 Å². The van der Waals surface area contributed by atoms with Crippen LogP contribution in [0.3, 0.4) is 0 Å². The van der Waals surface area contributed by atoms with E-state index in [4.69, 9.17) is 4.74 Å². The molecule has 0 aromatic heterocycles. The number of ether oxygens (including phenoxy) is 1. The number of rotatable bonds is 6. The predicted octanol–water partition coefficient (Wildman–Crippen LogP) is 1.94. The fourth-order valence-corrected chi connectivity index (χ4v) is 4.32. The van der Waals surface area contributed by atoms with Gasteiger partial charge in [0.15, 0.2) is 0 Å². The van der Waals surface area contributed by atoms with Crippen molar-refractivity contribution in [2.24, 2.45) is 0 Å². The van der Waals surface area contributed by atoms with Crippen LogP contribution in [0.15, 0.2) is 47.4 Å². The van der Waals surface area contributed by atoms with Crippen molar-refractivity contribution in [2.75, 3.05) is 39.6 Å². The molecule has 2 aromatic carbocycles. The van der Waals surface area contributed by atoms with Crippen molar-refractivity contribution >= 4 is 21.6 Å². The summed E-state index contributed by atoms with van der Waals surface area (Å²) in [6.45, 7) is 1.79. The van der Waals surface area contributed by atoms with Gasteiger partial charge in [0.25, 0.3) is 0 Å². The molecule has 0 atom stereocenters. The third-order valence-corrected chi connectivity index (χ3v) is 6.62. The minimum atomic E-state index is -3.69. The lowest BCUT2D eigenvalue weighted by Gasteiger charge is -2.28. The normalized spacial score (nSPS) is 14.6. The van der Waals surface area contributed by atoms with E-state index in [9.17, 15) is 13.2 Å². The Morgan fingerprint density at radius 1 is 1.18 bits per heavy atom. The summed E-state index contributed by atoms with van der Waals surface area (Å²) in [6, 6.07) is 12.9. The van der Waals surface area contributed by atoms with Crippen molar-refractivity contribution in [2.45, 2.75) is 17.9 Å². The first-order valence-electron chi connectivity index (χ1n) is 9.01. The zero-order valence-electron chi connectivity index (χ0n) is 16.3. The van der Waals surface area contributed by atoms with Gasteiger partial charge in [-0.1, -0.05) is 24.3 Å². The number of anilines is 1. The van der Waals surface area contributed by atoms with Crippen molar-refractivity contribution in [3.8, 4) is 5.75 Å². The van der Waals surface area contributed by atoms with Crippen LogP contribution in [0, 0.1) is 0 Å². The van der Waals surface area contributed by atoms with E-state index in [2.05, 4.69) is 22.3 Å². The van der Waals surface area contributed by atoms with Gasteiger partial charge in [-0.3, -0.25) is 9.69 Å². The van der Waals surface area contributed by atoms with Crippen LogP contribution in [0.1, 0.15) is 11.1 Å². The number of methoxy groups -OCH3 is 1. The first-order chi connectivity index (χ1) is 13.3. The largest absolute Gasteiger partial charge is 0.495 e. The fourth-order valence-electron chi connectivity index (χ4n) is 3.25. The molecule has 1 N–H and O–H groups in total. The van der Waals surface area contributed by atoms with Crippen molar-refractivity contribution in [3.63, 3.8) is 0 Å². The van der Waals surface area contributed by atoms with E-state index in [-0.39, 0.29) is 23.1 Å². The second-order valence-electron chi connectivity index (χ2n) is 6.93. The molecule has 0 unspecified atom stereocenters. The highest BCUT2D eigenvalue weighted by molar-refractivity contribution is 7.89. The summed E-state index contributed by atoms with van der Waals surface area (Å²) in [4.78, 5) is 14.6. The third-order valence-electron chi connectivity index (χ3n) is 4.78. The minimum absolute atomic E-state index is 0.0182. The highest BCUT2D eigenvalue weighted by atomic mass is 32.2. The molecule has 0 spiro atoms. The molecule has 1 heterocycles. The van der Waals surface area contributed by atoms with Crippen LogP contribution in [0.2, 0.25) is 0 Å². The number of sulfonamides is 1. The van der Waals surface area contributed by atoms with Crippen molar-refractivity contribution in [3.05, 3.63) is 53.6 Å². The van der Waals surface area contributed by atoms with Gasteiger partial charge in [-0.05, 0) is 35.7 Å². The van der Waals surface area contributed by atoms with Gasteiger partial charge in [0, 0.05) is 32.9 Å². The Kier molecular flexibility index (Phi) is 6.02. The van der Waals surface area contributed by atoms with Crippen LogP contribution < -0.4 is 10.1 Å². The van der Waals surface area contributed by atoms with E-state index in [1.807, 2.05) is 12.1 Å². The van der Waals surface area contributed by atoms with E-state index in [0.717, 1.165) is 23.8 Å². The molecule has 2 aromatic rings. The Morgan fingerprint density at radius 3 is 2.57 bits per heavy atom. The lowest BCUT2D eigenvalue weighted by Crippen LogP contribution is -2.37. The highest BCUT2D eigenvalue weighted by Crippen LogP contribution is 2.29. The SMILES string of the molecule is COc1ccc(NC(=O)CN2CCc3ccccc3C2)cc1S(=O)(=O)N(C)C. The molecule has 7 nitrogen and oxygen atoms in total. The second kappa shape index (κ2) is 8.30. The summed E-state index contributed by atoms with van der Waals surface area (Å²) in [5.74, 6) is 0.0529. The first kappa shape index (κ1) is 20.3. The monoisotopic (exact) mass is 403 g/mol. The maximum absolute atomic E-state index is 12.5. The molecule has 1 amide bonds. The van der Waals surface area contributed by atoms with Crippen molar-refractivity contribution < 1.29 is 17.9 Å². The van der Waals surface area contributed by atoms with Crippen LogP contribution in [0.5, 0.6) is 5.75 Å². The van der Waals surface area contributed by atoms with Gasteiger partial charge in [-0.25, -0.2) is 12.7 Å². The molecule has 8 heteroatoms. The summed E-state index contributed by atoms with van der Waals surface area (Å²) in [6.07, 6.45) is 0.914. The summed E-state index contributed by atoms with van der Waals surface area (Å²) >= 11 is 0. The number of hydrogen-bond donors (Lipinski definition) is 1. The number of fused-ring (bicyclic) bond motifs is 1. The van der Waals surface area contributed by atoms with Gasteiger partial charge in [-0.15, -0.1) is 0 Å². The highest BCUT2D eigenvalue weighted by Gasteiger charge is 2.23. The third kappa shape index (κ3) is 4.35. The molecule has 0 bridgehead atoms. The second-order valence-corrected chi connectivity index (χ2v) is 9.05. The van der Waals surface area contributed by atoms with E-state index >= 15 is 0 Å². The topological polar surface area (TPSA) is 79.0 Å². The number of amides is 1. The lowest BCUT2D eigenvalue weighted by atomic mass is 10.00. The standard InChI is InChI=1S/C20H25N3O4S/c1-22(2)28(25,26)19-12-17(8-9-18(19)27-3)21-20(24)14-23-11-10-15-6-4-5-7-16(15)13-23/h4-9,12H,10-11,13-14H2,1-3H3,(H,21,24). The van der Waals surface area contributed by atoms with E-state index in [0.29, 0.717) is 5.69 Å². The fraction of sp³-hybridized carbons (Fsp3) is 0.350. The molecule has 0 radical (unpaired) electrons. The quantitative estimate of drug-likeness (QED) is 0.798. The number of carbonyl (C=O) groups is 1. The van der Waals surface area contributed by atoms with E-state index < -0.39 is 10.0 Å². The number of nitrogens with zero attached hydrogens (tertiary/aromatic N) is 2. The van der Waals surface area contributed by atoms with Gasteiger partial charge >= 0.3 is 0 Å². The Bertz CT molecular complexity index is 973. The molecule has 0 aliphatic carbocycles. The number of hydrogen-bond acceptors (Lipinski definition) is 5. The first-order valence-corrected chi connectivity index (χ1v) is 10.4. The Labute approximate surface area is 166 Å². The average molecular weight is 404 g/mol. The molecular weight excluding hydrogens is 378 g/mol. The minimum Gasteiger partial charge on any atom is -0.495 e. The molecule has 0 fully saturated rings. The van der Waals surface area contributed by atoms with Gasteiger partial charge < -0.3 is 10.1 Å². The molecule has 150 valence electrons. The summed E-state index contributed by atoms with van der Waals surface area (Å²) < 4.78 is 31.3. The van der Waals surface area contributed by atoms with Gasteiger partial charge in [0.1, 0.15) is 10.6 Å². The molecule has 1 aliphatic heterocycles. The molecule has 28 heavy (non-hydrogen) atoms. The van der Waals surface area contributed by atoms with Gasteiger partial charge in [0.2, 0.25) is 15.9 Å². The lowest BCUT2D eigenvalue weighted by molar-refractivity contribution is -0.117. The number of nitrogens with one attached hydrogen (secondary N) is 1.